The van der Waals surface area contributed by atoms with Gasteiger partial charge >= 0.3 is 0 Å². The number of carbonyl (C=O) groups excluding carboxylic acids is 2. The Bertz CT molecular complexity index is 866. The fourth-order valence-electron chi connectivity index (χ4n) is 3.98. The molecule has 1 saturated heterocycles. The predicted octanol–water partition coefficient (Wildman–Crippen LogP) is 1.69. The van der Waals surface area contributed by atoms with Crippen LogP contribution in [0.5, 0.6) is 0 Å². The number of hydrogen-bond donors (Lipinski definition) is 2. The fraction of sp³-hybridized carbons (Fsp3) is 0.421. The number of rotatable bonds is 3. The van der Waals surface area contributed by atoms with E-state index in [-0.39, 0.29) is 36.1 Å². The molecule has 1 fully saturated rings. The molecule has 27 heavy (non-hydrogen) atoms. The summed E-state index contributed by atoms with van der Waals surface area (Å²) in [5.41, 5.74) is 3.93. The standard InChI is InChI=1S/C19H23N5O2.ClH/c1-12(25)24-6-5-13-7-15(3-4-18(13)24)22-19(26)17-10-20-9-16(17)14-8-21-23(2)11-14;/h3-4,7-8,11,16-17,20H,5-6,9-10H2,1-2H3,(H,22,26);1H/t16-,17+;/m1./s1. The zero-order valence-corrected chi connectivity index (χ0v) is 16.3. The van der Waals surface area contributed by atoms with Crippen LogP contribution in [0.15, 0.2) is 30.6 Å². The molecule has 2 aliphatic rings. The van der Waals surface area contributed by atoms with E-state index in [1.54, 1.807) is 16.5 Å². The smallest absolute Gasteiger partial charge is 0.229 e. The van der Waals surface area contributed by atoms with E-state index in [0.717, 1.165) is 35.5 Å². The number of nitrogens with one attached hydrogen (secondary N) is 2. The minimum atomic E-state index is -0.124. The zero-order valence-electron chi connectivity index (χ0n) is 15.4. The topological polar surface area (TPSA) is 79.3 Å². The number of anilines is 2. The quantitative estimate of drug-likeness (QED) is 0.837. The van der Waals surface area contributed by atoms with E-state index >= 15 is 0 Å². The molecule has 2 aromatic rings. The molecule has 0 spiro atoms. The van der Waals surface area contributed by atoms with Gasteiger partial charge in [0.2, 0.25) is 11.8 Å². The first-order valence-corrected chi connectivity index (χ1v) is 8.94. The summed E-state index contributed by atoms with van der Waals surface area (Å²) in [5.74, 6) is 0.0783. The highest BCUT2D eigenvalue weighted by atomic mass is 35.5. The number of benzene rings is 1. The van der Waals surface area contributed by atoms with Crippen molar-refractivity contribution in [2.45, 2.75) is 19.3 Å². The third-order valence-corrected chi connectivity index (χ3v) is 5.33. The van der Waals surface area contributed by atoms with Crippen molar-refractivity contribution in [2.75, 3.05) is 29.9 Å². The number of carbonyl (C=O) groups is 2. The van der Waals surface area contributed by atoms with E-state index in [4.69, 9.17) is 0 Å². The Morgan fingerprint density at radius 3 is 2.81 bits per heavy atom. The molecule has 7 nitrogen and oxygen atoms in total. The summed E-state index contributed by atoms with van der Waals surface area (Å²) in [4.78, 5) is 26.3. The van der Waals surface area contributed by atoms with Crippen molar-refractivity contribution < 1.29 is 9.59 Å². The van der Waals surface area contributed by atoms with E-state index in [0.29, 0.717) is 13.1 Å². The van der Waals surface area contributed by atoms with Gasteiger partial charge in [0.25, 0.3) is 0 Å². The summed E-state index contributed by atoms with van der Waals surface area (Å²) in [6.07, 6.45) is 4.63. The molecule has 2 atom stereocenters. The van der Waals surface area contributed by atoms with Crippen LogP contribution in [0.2, 0.25) is 0 Å². The second-order valence-corrected chi connectivity index (χ2v) is 7.07. The van der Waals surface area contributed by atoms with Crippen LogP contribution in [0, 0.1) is 5.92 Å². The number of aromatic nitrogens is 2. The van der Waals surface area contributed by atoms with Crippen molar-refractivity contribution in [1.82, 2.24) is 15.1 Å². The summed E-state index contributed by atoms with van der Waals surface area (Å²) in [7, 11) is 1.88. The van der Waals surface area contributed by atoms with E-state index in [1.807, 2.05) is 37.6 Å². The van der Waals surface area contributed by atoms with Crippen LogP contribution in [0.1, 0.15) is 24.0 Å². The van der Waals surface area contributed by atoms with E-state index < -0.39 is 0 Å². The monoisotopic (exact) mass is 389 g/mol. The maximum Gasteiger partial charge on any atom is 0.229 e. The number of halogens is 1. The van der Waals surface area contributed by atoms with Crippen molar-refractivity contribution >= 4 is 35.6 Å². The van der Waals surface area contributed by atoms with Crippen LogP contribution < -0.4 is 15.5 Å². The van der Waals surface area contributed by atoms with Crippen molar-refractivity contribution in [3.8, 4) is 0 Å². The van der Waals surface area contributed by atoms with E-state index in [9.17, 15) is 9.59 Å². The van der Waals surface area contributed by atoms with Gasteiger partial charge in [-0.1, -0.05) is 0 Å². The van der Waals surface area contributed by atoms with E-state index in [2.05, 4.69) is 15.7 Å². The number of nitrogens with zero attached hydrogens (tertiary/aromatic N) is 3. The number of fused-ring (bicyclic) bond motifs is 1. The summed E-state index contributed by atoms with van der Waals surface area (Å²) in [6, 6.07) is 5.78. The van der Waals surface area contributed by atoms with Crippen LogP contribution in [0.3, 0.4) is 0 Å². The van der Waals surface area contributed by atoms with Gasteiger partial charge in [-0.2, -0.15) is 5.10 Å². The molecule has 2 amide bonds. The first kappa shape index (κ1) is 19.4. The first-order chi connectivity index (χ1) is 12.5. The van der Waals surface area contributed by atoms with Crippen LogP contribution in [-0.2, 0) is 23.1 Å². The van der Waals surface area contributed by atoms with Crippen molar-refractivity contribution in [3.05, 3.63) is 41.7 Å². The largest absolute Gasteiger partial charge is 0.326 e. The molecule has 0 radical (unpaired) electrons. The average Bonchev–Trinajstić information content (AvgIpc) is 3.32. The van der Waals surface area contributed by atoms with Gasteiger partial charge in [-0.3, -0.25) is 14.3 Å². The van der Waals surface area contributed by atoms with Crippen molar-refractivity contribution in [1.29, 1.82) is 0 Å². The van der Waals surface area contributed by atoms with Crippen molar-refractivity contribution in [2.24, 2.45) is 13.0 Å². The summed E-state index contributed by atoms with van der Waals surface area (Å²) in [5, 5.41) is 10.6. The molecule has 0 unspecified atom stereocenters. The first-order valence-electron chi connectivity index (χ1n) is 8.94. The molecule has 0 bridgehead atoms. The van der Waals surface area contributed by atoms with Gasteiger partial charge in [-0.15, -0.1) is 12.4 Å². The lowest BCUT2D eigenvalue weighted by Gasteiger charge is -2.18. The molecule has 0 aliphatic carbocycles. The highest BCUT2D eigenvalue weighted by Gasteiger charge is 2.35. The molecule has 2 aliphatic heterocycles. The van der Waals surface area contributed by atoms with Crippen molar-refractivity contribution in [3.63, 3.8) is 0 Å². The predicted molar refractivity (Wildman–Crippen MR) is 106 cm³/mol. The van der Waals surface area contributed by atoms with Crippen LogP contribution in [-0.4, -0.2) is 41.2 Å². The summed E-state index contributed by atoms with van der Waals surface area (Å²) in [6.45, 7) is 3.73. The molecule has 144 valence electrons. The number of hydrogen-bond acceptors (Lipinski definition) is 4. The van der Waals surface area contributed by atoms with Gasteiger partial charge in [-0.25, -0.2) is 0 Å². The molecular formula is C19H24ClN5O2. The van der Waals surface area contributed by atoms with Gasteiger partial charge in [0.15, 0.2) is 0 Å². The van der Waals surface area contributed by atoms with Gasteiger partial charge in [0.1, 0.15) is 0 Å². The molecular weight excluding hydrogens is 366 g/mol. The van der Waals surface area contributed by atoms with Crippen LogP contribution >= 0.6 is 12.4 Å². The Kier molecular flexibility index (Phi) is 5.53. The highest BCUT2D eigenvalue weighted by Crippen LogP contribution is 2.32. The Balaban J connectivity index is 0.00000210. The maximum atomic E-state index is 12.8. The molecule has 0 saturated carbocycles. The van der Waals surface area contributed by atoms with Gasteiger partial charge in [0.05, 0.1) is 12.1 Å². The zero-order chi connectivity index (χ0) is 18.3. The Labute approximate surface area is 164 Å². The number of amides is 2. The minimum absolute atomic E-state index is 0. The summed E-state index contributed by atoms with van der Waals surface area (Å²) < 4.78 is 1.77. The molecule has 4 rings (SSSR count). The highest BCUT2D eigenvalue weighted by molar-refractivity contribution is 5.96. The lowest BCUT2D eigenvalue weighted by atomic mass is 9.90. The SMILES string of the molecule is CC(=O)N1CCc2cc(NC(=O)[C@H]3CNC[C@@H]3c3cnn(C)c3)ccc21.Cl. The van der Waals surface area contributed by atoms with Gasteiger partial charge in [0, 0.05) is 57.1 Å². The minimum Gasteiger partial charge on any atom is -0.326 e. The van der Waals surface area contributed by atoms with Crippen LogP contribution in [0.4, 0.5) is 11.4 Å². The third-order valence-electron chi connectivity index (χ3n) is 5.33. The van der Waals surface area contributed by atoms with Gasteiger partial charge < -0.3 is 15.5 Å². The normalized spacial score (nSPS) is 20.9. The second kappa shape index (κ2) is 7.70. The average molecular weight is 390 g/mol. The van der Waals surface area contributed by atoms with Gasteiger partial charge in [-0.05, 0) is 35.7 Å². The fourth-order valence-corrected chi connectivity index (χ4v) is 3.98. The summed E-state index contributed by atoms with van der Waals surface area (Å²) >= 11 is 0. The lowest BCUT2D eigenvalue weighted by Crippen LogP contribution is -2.28. The second-order valence-electron chi connectivity index (χ2n) is 7.07. The molecule has 3 heterocycles. The maximum absolute atomic E-state index is 12.8. The third kappa shape index (κ3) is 3.70. The molecule has 8 heteroatoms. The Hall–Kier alpha value is -2.38. The Morgan fingerprint density at radius 2 is 2.11 bits per heavy atom. The molecule has 2 N–H and O–H groups in total. The van der Waals surface area contributed by atoms with E-state index in [1.165, 1.54) is 0 Å². The van der Waals surface area contributed by atoms with Crippen LogP contribution in [0.25, 0.3) is 0 Å². The molecule has 1 aromatic heterocycles. The molecule has 1 aromatic carbocycles. The Morgan fingerprint density at radius 1 is 1.30 bits per heavy atom. The number of aryl methyl sites for hydroxylation is 1. The lowest BCUT2D eigenvalue weighted by molar-refractivity contribution is -0.119.